The molecule has 1 atom stereocenters. The van der Waals surface area contributed by atoms with E-state index in [-0.39, 0.29) is 36.6 Å². The lowest BCUT2D eigenvalue weighted by Gasteiger charge is -2.07. The van der Waals surface area contributed by atoms with Gasteiger partial charge < -0.3 is 15.5 Å². The average molecular weight is 305 g/mol. The molecule has 2 aromatic heterocycles. The van der Waals surface area contributed by atoms with Gasteiger partial charge in [-0.1, -0.05) is 13.0 Å². The van der Waals surface area contributed by atoms with E-state index in [2.05, 4.69) is 10.3 Å². The number of halogens is 2. The van der Waals surface area contributed by atoms with Gasteiger partial charge in [0, 0.05) is 24.9 Å². The molecule has 2 aromatic rings. The van der Waals surface area contributed by atoms with Crippen molar-refractivity contribution in [1.82, 2.24) is 14.7 Å². The summed E-state index contributed by atoms with van der Waals surface area (Å²) in [6.07, 6.45) is 3.83. The van der Waals surface area contributed by atoms with E-state index >= 15 is 0 Å². The normalized spacial score (nSPS) is 11.3. The van der Waals surface area contributed by atoms with E-state index in [4.69, 9.17) is 5.73 Å². The Hall–Kier alpha value is -1.30. The minimum atomic E-state index is -0.160. The number of hydrogen-bond donors (Lipinski definition) is 2. The van der Waals surface area contributed by atoms with Crippen molar-refractivity contribution in [3.8, 4) is 0 Å². The highest BCUT2D eigenvalue weighted by Crippen LogP contribution is 2.04. The van der Waals surface area contributed by atoms with Gasteiger partial charge in [0.15, 0.2) is 0 Å². The van der Waals surface area contributed by atoms with Crippen LogP contribution in [-0.2, 0) is 11.3 Å². The summed E-state index contributed by atoms with van der Waals surface area (Å²) in [6, 6.07) is 5.79. The molecule has 0 radical (unpaired) electrons. The molecule has 19 heavy (non-hydrogen) atoms. The van der Waals surface area contributed by atoms with Crippen LogP contribution in [0.15, 0.2) is 30.6 Å². The zero-order valence-electron chi connectivity index (χ0n) is 10.6. The van der Waals surface area contributed by atoms with E-state index < -0.39 is 0 Å². The van der Waals surface area contributed by atoms with Gasteiger partial charge in [0.05, 0.1) is 12.2 Å². The zero-order chi connectivity index (χ0) is 12.3. The number of carbonyl (C=O) groups excluding carboxylic acids is 1. The molecule has 0 bridgehead atoms. The van der Waals surface area contributed by atoms with E-state index in [1.165, 1.54) is 0 Å². The number of aromatic nitrogens is 2. The average Bonchev–Trinajstić information content (AvgIpc) is 2.77. The van der Waals surface area contributed by atoms with Crippen molar-refractivity contribution in [3.05, 3.63) is 36.3 Å². The molecule has 0 fully saturated rings. The Morgan fingerprint density at radius 2 is 2.21 bits per heavy atom. The number of amides is 1. The van der Waals surface area contributed by atoms with Gasteiger partial charge in [0.1, 0.15) is 5.65 Å². The van der Waals surface area contributed by atoms with Gasteiger partial charge in [-0.3, -0.25) is 4.79 Å². The first-order chi connectivity index (χ1) is 8.20. The van der Waals surface area contributed by atoms with Gasteiger partial charge in [0.2, 0.25) is 5.91 Å². The number of nitrogens with two attached hydrogens (primary N) is 1. The maximum atomic E-state index is 11.5. The fraction of sp³-hybridized carbons (Fsp3) is 0.333. The van der Waals surface area contributed by atoms with Crippen LogP contribution in [0.5, 0.6) is 0 Å². The molecule has 0 aliphatic carbocycles. The summed E-state index contributed by atoms with van der Waals surface area (Å²) in [5.74, 6) is -0.198. The van der Waals surface area contributed by atoms with Gasteiger partial charge in [-0.2, -0.15) is 0 Å². The Bertz CT molecular complexity index is 496. The van der Waals surface area contributed by atoms with Gasteiger partial charge in [-0.25, -0.2) is 4.98 Å². The summed E-state index contributed by atoms with van der Waals surface area (Å²) in [4.78, 5) is 15.9. The van der Waals surface area contributed by atoms with Crippen molar-refractivity contribution in [3.63, 3.8) is 0 Å². The Balaban J connectivity index is 0.00000162. The van der Waals surface area contributed by atoms with E-state index in [1.54, 1.807) is 6.92 Å². The fourth-order valence-corrected chi connectivity index (χ4v) is 1.53. The SMILES string of the molecule is CC(CN)C(=O)NCc1cn2ccccc2n1.Cl.Cl. The first kappa shape index (κ1) is 17.7. The predicted molar refractivity (Wildman–Crippen MR) is 79.8 cm³/mol. The smallest absolute Gasteiger partial charge is 0.224 e. The lowest BCUT2D eigenvalue weighted by molar-refractivity contribution is -0.124. The topological polar surface area (TPSA) is 72.4 Å². The molecule has 106 valence electrons. The highest BCUT2D eigenvalue weighted by atomic mass is 35.5. The largest absolute Gasteiger partial charge is 0.350 e. The van der Waals surface area contributed by atoms with Crippen LogP contribution < -0.4 is 11.1 Å². The number of fused-ring (bicyclic) bond motifs is 1. The third-order valence-electron chi connectivity index (χ3n) is 2.66. The van der Waals surface area contributed by atoms with Gasteiger partial charge >= 0.3 is 0 Å². The first-order valence-electron chi connectivity index (χ1n) is 5.61. The number of rotatable bonds is 4. The minimum Gasteiger partial charge on any atom is -0.350 e. The maximum absolute atomic E-state index is 11.5. The molecule has 5 nitrogen and oxygen atoms in total. The number of carbonyl (C=O) groups is 1. The monoisotopic (exact) mass is 304 g/mol. The Morgan fingerprint density at radius 1 is 1.47 bits per heavy atom. The van der Waals surface area contributed by atoms with E-state index in [9.17, 15) is 4.79 Å². The van der Waals surface area contributed by atoms with Crippen LogP contribution in [-0.4, -0.2) is 21.8 Å². The second-order valence-electron chi connectivity index (χ2n) is 4.05. The molecule has 7 heteroatoms. The minimum absolute atomic E-state index is 0. The van der Waals surface area contributed by atoms with Crippen molar-refractivity contribution >= 4 is 36.4 Å². The van der Waals surface area contributed by atoms with E-state index in [0.717, 1.165) is 11.3 Å². The summed E-state index contributed by atoms with van der Waals surface area (Å²) < 4.78 is 1.92. The molecular formula is C12H18Cl2N4O. The molecule has 0 aromatic carbocycles. The molecule has 2 rings (SSSR count). The van der Waals surface area contributed by atoms with Crippen molar-refractivity contribution in [2.45, 2.75) is 13.5 Å². The van der Waals surface area contributed by atoms with E-state index in [1.807, 2.05) is 35.0 Å². The Kier molecular flexibility index (Phi) is 7.44. The van der Waals surface area contributed by atoms with Gasteiger partial charge in [-0.05, 0) is 12.1 Å². The second kappa shape index (κ2) is 7.99. The van der Waals surface area contributed by atoms with Crippen LogP contribution in [0.3, 0.4) is 0 Å². The predicted octanol–water partition coefficient (Wildman–Crippen LogP) is 1.39. The lowest BCUT2D eigenvalue weighted by atomic mass is 10.2. The first-order valence-corrected chi connectivity index (χ1v) is 5.61. The Morgan fingerprint density at radius 3 is 2.84 bits per heavy atom. The summed E-state index contributed by atoms with van der Waals surface area (Å²) in [7, 11) is 0. The molecule has 1 unspecified atom stereocenters. The molecule has 1 amide bonds. The summed E-state index contributed by atoms with van der Waals surface area (Å²) in [6.45, 7) is 2.60. The van der Waals surface area contributed by atoms with E-state index in [0.29, 0.717) is 13.1 Å². The number of hydrogen-bond acceptors (Lipinski definition) is 3. The van der Waals surface area contributed by atoms with Crippen LogP contribution in [0.25, 0.3) is 5.65 Å². The molecule has 0 aliphatic rings. The lowest BCUT2D eigenvalue weighted by Crippen LogP contribution is -2.32. The molecule has 0 spiro atoms. The van der Waals surface area contributed by atoms with Crippen molar-refractivity contribution < 1.29 is 4.79 Å². The van der Waals surface area contributed by atoms with Crippen LogP contribution >= 0.6 is 24.8 Å². The molecule has 0 aliphatic heterocycles. The molecular weight excluding hydrogens is 287 g/mol. The number of pyridine rings is 1. The standard InChI is InChI=1S/C12H16N4O.2ClH/c1-9(6-13)12(17)14-7-10-8-16-5-3-2-4-11(16)15-10;;/h2-5,8-9H,6-7,13H2,1H3,(H,14,17);2*1H. The molecule has 3 N–H and O–H groups in total. The summed E-state index contributed by atoms with van der Waals surface area (Å²) in [5, 5.41) is 2.82. The summed E-state index contributed by atoms with van der Waals surface area (Å²) >= 11 is 0. The number of nitrogens with one attached hydrogen (secondary N) is 1. The van der Waals surface area contributed by atoms with Crippen molar-refractivity contribution in [2.75, 3.05) is 6.54 Å². The molecule has 0 saturated heterocycles. The second-order valence-corrected chi connectivity index (χ2v) is 4.05. The van der Waals surface area contributed by atoms with Crippen molar-refractivity contribution in [1.29, 1.82) is 0 Å². The number of nitrogens with zero attached hydrogens (tertiary/aromatic N) is 2. The van der Waals surface area contributed by atoms with Crippen LogP contribution in [0, 0.1) is 5.92 Å². The van der Waals surface area contributed by atoms with Gasteiger partial charge in [-0.15, -0.1) is 24.8 Å². The summed E-state index contributed by atoms with van der Waals surface area (Å²) in [5.41, 5.74) is 7.14. The fourth-order valence-electron chi connectivity index (χ4n) is 1.53. The Labute approximate surface area is 124 Å². The molecule has 2 heterocycles. The highest BCUT2D eigenvalue weighted by molar-refractivity contribution is 5.85. The highest BCUT2D eigenvalue weighted by Gasteiger charge is 2.10. The van der Waals surface area contributed by atoms with Crippen LogP contribution in [0.4, 0.5) is 0 Å². The molecule has 0 saturated carbocycles. The van der Waals surface area contributed by atoms with Gasteiger partial charge in [0.25, 0.3) is 0 Å². The third kappa shape index (κ3) is 4.38. The third-order valence-corrected chi connectivity index (χ3v) is 2.66. The van der Waals surface area contributed by atoms with Crippen molar-refractivity contribution in [2.24, 2.45) is 11.7 Å². The van der Waals surface area contributed by atoms with Crippen LogP contribution in [0.1, 0.15) is 12.6 Å². The van der Waals surface area contributed by atoms with Crippen LogP contribution in [0.2, 0.25) is 0 Å². The zero-order valence-corrected chi connectivity index (χ0v) is 12.2. The maximum Gasteiger partial charge on any atom is 0.224 e. The quantitative estimate of drug-likeness (QED) is 0.896. The number of imidazole rings is 1.